The fourth-order valence-corrected chi connectivity index (χ4v) is 2.22. The SMILES string of the molecule is CC(C)Oc1ccc(S(=O)(=O)CS)cc1. The molecule has 0 saturated carbocycles. The van der Waals surface area contributed by atoms with Crippen LogP contribution in [-0.2, 0) is 9.84 Å². The molecule has 1 rings (SSSR count). The van der Waals surface area contributed by atoms with E-state index in [0.717, 1.165) is 0 Å². The maximum atomic E-state index is 11.4. The largest absolute Gasteiger partial charge is 0.491 e. The van der Waals surface area contributed by atoms with E-state index in [4.69, 9.17) is 4.74 Å². The van der Waals surface area contributed by atoms with Crippen LogP contribution in [0.2, 0.25) is 0 Å². The molecule has 1 aromatic rings. The lowest BCUT2D eigenvalue weighted by molar-refractivity contribution is 0.242. The molecule has 0 fully saturated rings. The minimum Gasteiger partial charge on any atom is -0.491 e. The molecule has 5 heteroatoms. The van der Waals surface area contributed by atoms with Gasteiger partial charge >= 0.3 is 0 Å². The van der Waals surface area contributed by atoms with Crippen molar-refractivity contribution in [2.75, 3.05) is 5.08 Å². The molecule has 84 valence electrons. The summed E-state index contributed by atoms with van der Waals surface area (Å²) < 4.78 is 28.2. The summed E-state index contributed by atoms with van der Waals surface area (Å²) in [5.74, 6) is 0.670. The van der Waals surface area contributed by atoms with Crippen LogP contribution in [0.1, 0.15) is 13.8 Å². The number of hydrogen-bond acceptors (Lipinski definition) is 4. The molecule has 0 unspecified atom stereocenters. The van der Waals surface area contributed by atoms with E-state index >= 15 is 0 Å². The Morgan fingerprint density at radius 1 is 1.27 bits per heavy atom. The first-order chi connectivity index (χ1) is 6.95. The van der Waals surface area contributed by atoms with Gasteiger partial charge in [0.25, 0.3) is 0 Å². The minimum atomic E-state index is -3.23. The molecule has 0 heterocycles. The van der Waals surface area contributed by atoms with Crippen LogP contribution in [0, 0.1) is 0 Å². The third-order valence-electron chi connectivity index (χ3n) is 1.72. The molecule has 1 aromatic carbocycles. The zero-order valence-electron chi connectivity index (χ0n) is 8.67. The third kappa shape index (κ3) is 3.43. The second kappa shape index (κ2) is 4.90. The summed E-state index contributed by atoms with van der Waals surface area (Å²) in [7, 11) is -3.23. The van der Waals surface area contributed by atoms with Gasteiger partial charge in [0.15, 0.2) is 9.84 Å². The summed E-state index contributed by atoms with van der Waals surface area (Å²) in [6, 6.07) is 6.36. The van der Waals surface area contributed by atoms with E-state index in [1.807, 2.05) is 13.8 Å². The fourth-order valence-electron chi connectivity index (χ4n) is 1.07. The highest BCUT2D eigenvalue weighted by Gasteiger charge is 2.11. The van der Waals surface area contributed by atoms with E-state index < -0.39 is 9.84 Å². The van der Waals surface area contributed by atoms with Crippen molar-refractivity contribution in [3.05, 3.63) is 24.3 Å². The molecule has 3 nitrogen and oxygen atoms in total. The van der Waals surface area contributed by atoms with Gasteiger partial charge in [-0.3, -0.25) is 0 Å². The number of ether oxygens (including phenoxy) is 1. The lowest BCUT2D eigenvalue weighted by Crippen LogP contribution is -2.06. The second-order valence-corrected chi connectivity index (χ2v) is 6.12. The van der Waals surface area contributed by atoms with Gasteiger partial charge in [0.1, 0.15) is 5.75 Å². The lowest BCUT2D eigenvalue weighted by atomic mass is 10.3. The average Bonchev–Trinajstić information content (AvgIpc) is 2.18. The van der Waals surface area contributed by atoms with E-state index in [0.29, 0.717) is 5.75 Å². The Bertz CT molecular complexity index is 407. The first-order valence-corrected chi connectivity index (χ1v) is 6.84. The van der Waals surface area contributed by atoms with Crippen LogP contribution in [-0.4, -0.2) is 19.6 Å². The van der Waals surface area contributed by atoms with Crippen molar-refractivity contribution in [3.63, 3.8) is 0 Å². The number of benzene rings is 1. The minimum absolute atomic E-state index is 0.0809. The van der Waals surface area contributed by atoms with Gasteiger partial charge in [-0.15, -0.1) is 0 Å². The summed E-state index contributed by atoms with van der Waals surface area (Å²) in [6.45, 7) is 3.83. The van der Waals surface area contributed by atoms with Crippen LogP contribution < -0.4 is 4.74 Å². The molecule has 0 amide bonds. The molecular weight excluding hydrogens is 232 g/mol. The van der Waals surface area contributed by atoms with Gasteiger partial charge in [0.05, 0.1) is 16.1 Å². The molecule has 0 atom stereocenters. The molecular formula is C10H14O3S2. The van der Waals surface area contributed by atoms with Gasteiger partial charge in [-0.05, 0) is 38.1 Å². The smallest absolute Gasteiger partial charge is 0.187 e. The van der Waals surface area contributed by atoms with Crippen LogP contribution in [0.3, 0.4) is 0 Å². The van der Waals surface area contributed by atoms with Gasteiger partial charge in [-0.1, -0.05) is 0 Å². The van der Waals surface area contributed by atoms with Crippen LogP contribution >= 0.6 is 12.6 Å². The summed E-state index contributed by atoms with van der Waals surface area (Å²) in [5, 5.41) is -0.183. The van der Waals surface area contributed by atoms with Crippen molar-refractivity contribution in [1.82, 2.24) is 0 Å². The topological polar surface area (TPSA) is 43.4 Å². The zero-order chi connectivity index (χ0) is 11.5. The zero-order valence-corrected chi connectivity index (χ0v) is 10.4. The fraction of sp³-hybridized carbons (Fsp3) is 0.400. The van der Waals surface area contributed by atoms with Crippen molar-refractivity contribution in [1.29, 1.82) is 0 Å². The number of hydrogen-bond donors (Lipinski definition) is 1. The molecule has 0 bridgehead atoms. The van der Waals surface area contributed by atoms with E-state index in [-0.39, 0.29) is 16.1 Å². The van der Waals surface area contributed by atoms with E-state index in [9.17, 15) is 8.42 Å². The number of thiol groups is 1. The summed E-state index contributed by atoms with van der Waals surface area (Å²) in [5.41, 5.74) is 0. The highest BCUT2D eigenvalue weighted by molar-refractivity contribution is 8.03. The Labute approximate surface area is 95.8 Å². The van der Waals surface area contributed by atoms with Crippen LogP contribution in [0.4, 0.5) is 0 Å². The van der Waals surface area contributed by atoms with Gasteiger partial charge in [0, 0.05) is 0 Å². The molecule has 0 aliphatic heterocycles. The maximum absolute atomic E-state index is 11.4. The molecule has 0 N–H and O–H groups in total. The van der Waals surface area contributed by atoms with Crippen LogP contribution in [0.5, 0.6) is 5.75 Å². The molecule has 0 aliphatic carbocycles. The summed E-state index contributed by atoms with van der Waals surface area (Å²) >= 11 is 3.77. The van der Waals surface area contributed by atoms with Crippen LogP contribution in [0.25, 0.3) is 0 Å². The molecule has 0 aliphatic rings. The quantitative estimate of drug-likeness (QED) is 0.828. The van der Waals surface area contributed by atoms with Crippen molar-refractivity contribution in [2.45, 2.75) is 24.8 Å². The Balaban J connectivity index is 2.91. The number of rotatable bonds is 4. The van der Waals surface area contributed by atoms with Crippen molar-refractivity contribution < 1.29 is 13.2 Å². The predicted octanol–water partition coefficient (Wildman–Crippen LogP) is 2.13. The van der Waals surface area contributed by atoms with Gasteiger partial charge in [0.2, 0.25) is 0 Å². The maximum Gasteiger partial charge on any atom is 0.187 e. The Morgan fingerprint density at radius 2 is 1.80 bits per heavy atom. The standard InChI is InChI=1S/C10H14O3S2/c1-8(2)13-9-3-5-10(6-4-9)15(11,12)7-14/h3-6,8,14H,7H2,1-2H3. The van der Waals surface area contributed by atoms with Gasteiger partial charge in [-0.2, -0.15) is 12.6 Å². The van der Waals surface area contributed by atoms with E-state index in [1.165, 1.54) is 12.1 Å². The van der Waals surface area contributed by atoms with E-state index in [2.05, 4.69) is 12.6 Å². The average molecular weight is 246 g/mol. The first kappa shape index (κ1) is 12.4. The molecule has 0 aromatic heterocycles. The predicted molar refractivity (Wildman–Crippen MR) is 63.2 cm³/mol. The third-order valence-corrected chi connectivity index (χ3v) is 4.07. The van der Waals surface area contributed by atoms with Crippen LogP contribution in [0.15, 0.2) is 29.2 Å². The Morgan fingerprint density at radius 3 is 2.20 bits per heavy atom. The lowest BCUT2D eigenvalue weighted by Gasteiger charge is -2.09. The Hall–Kier alpha value is -0.680. The van der Waals surface area contributed by atoms with E-state index in [1.54, 1.807) is 12.1 Å². The first-order valence-electron chi connectivity index (χ1n) is 4.56. The van der Waals surface area contributed by atoms with Crippen molar-refractivity contribution in [3.8, 4) is 5.75 Å². The van der Waals surface area contributed by atoms with Gasteiger partial charge in [-0.25, -0.2) is 8.42 Å². The highest BCUT2D eigenvalue weighted by Crippen LogP contribution is 2.18. The van der Waals surface area contributed by atoms with Crippen molar-refractivity contribution in [2.24, 2.45) is 0 Å². The normalized spacial score (nSPS) is 11.7. The Kier molecular flexibility index (Phi) is 4.04. The number of sulfone groups is 1. The summed E-state index contributed by atoms with van der Waals surface area (Å²) in [6.07, 6.45) is 0.0809. The van der Waals surface area contributed by atoms with Gasteiger partial charge < -0.3 is 4.74 Å². The molecule has 0 spiro atoms. The molecule has 15 heavy (non-hydrogen) atoms. The highest BCUT2D eigenvalue weighted by atomic mass is 32.2. The second-order valence-electron chi connectivity index (χ2n) is 3.38. The molecule has 0 saturated heterocycles. The monoisotopic (exact) mass is 246 g/mol. The summed E-state index contributed by atoms with van der Waals surface area (Å²) in [4.78, 5) is 0.272. The van der Waals surface area contributed by atoms with Crippen molar-refractivity contribution >= 4 is 22.5 Å². The molecule has 0 radical (unpaired) electrons.